The maximum absolute atomic E-state index is 6.46. The van der Waals surface area contributed by atoms with Crippen molar-refractivity contribution in [2.45, 2.75) is 50.6 Å². The Hall–Kier alpha value is -3.30. The Balaban J connectivity index is 1.49. The van der Waals surface area contributed by atoms with E-state index in [4.69, 9.17) is 22.0 Å². The Kier molecular flexibility index (Phi) is 6.55. The summed E-state index contributed by atoms with van der Waals surface area (Å²) in [6, 6.07) is 10.7. The van der Waals surface area contributed by atoms with Crippen molar-refractivity contribution in [3.05, 3.63) is 59.4 Å². The molecule has 6 bridgehead atoms. The molecule has 1 fully saturated rings. The van der Waals surface area contributed by atoms with Crippen molar-refractivity contribution in [2.24, 2.45) is 11.8 Å². The lowest BCUT2D eigenvalue weighted by Crippen LogP contribution is -2.35. The molecule has 1 saturated carbocycles. The van der Waals surface area contributed by atoms with Gasteiger partial charge in [-0.2, -0.15) is 5.10 Å². The summed E-state index contributed by atoms with van der Waals surface area (Å²) in [7, 11) is 0. The average molecular weight is 463 g/mol. The fourth-order valence-electron chi connectivity index (χ4n) is 5.24. The van der Waals surface area contributed by atoms with Crippen molar-refractivity contribution < 1.29 is 4.74 Å². The first kappa shape index (κ1) is 22.5. The molecule has 2 aromatic heterocycles. The molecule has 1 aromatic carbocycles. The molecule has 9 nitrogen and oxygen atoms in total. The van der Waals surface area contributed by atoms with E-state index < -0.39 is 0 Å². The Morgan fingerprint density at radius 2 is 1.94 bits per heavy atom. The van der Waals surface area contributed by atoms with E-state index in [0.717, 1.165) is 42.0 Å². The summed E-state index contributed by atoms with van der Waals surface area (Å²) in [4.78, 5) is 4.23. The van der Waals surface area contributed by atoms with Gasteiger partial charge in [0.05, 0.1) is 25.0 Å². The lowest BCUT2D eigenvalue weighted by molar-refractivity contribution is 0.191. The number of ether oxygens (including phenoxy) is 1. The van der Waals surface area contributed by atoms with Crippen molar-refractivity contribution in [1.29, 1.82) is 0 Å². The number of fused-ring (bicyclic) bond motifs is 6. The number of pyridine rings is 1. The number of aromatic nitrogens is 3. The number of hydrogen-bond acceptors (Lipinski definition) is 8. The van der Waals surface area contributed by atoms with Gasteiger partial charge >= 0.3 is 0 Å². The largest absolute Gasteiger partial charge is 0.493 e. The second-order valence-corrected chi connectivity index (χ2v) is 9.49. The molecule has 0 spiro atoms. The zero-order valence-electron chi connectivity index (χ0n) is 19.4. The number of anilines is 3. The van der Waals surface area contributed by atoms with Crippen molar-refractivity contribution >= 4 is 17.3 Å². The van der Waals surface area contributed by atoms with Crippen LogP contribution in [0.25, 0.3) is 0 Å². The summed E-state index contributed by atoms with van der Waals surface area (Å²) in [5.41, 5.74) is 18.8. The Morgan fingerprint density at radius 1 is 1.09 bits per heavy atom. The maximum Gasteiger partial charge on any atom is 0.165 e. The monoisotopic (exact) mass is 462 g/mol. The fourth-order valence-corrected chi connectivity index (χ4v) is 5.24. The summed E-state index contributed by atoms with van der Waals surface area (Å²) in [5.74, 6) is 7.99. The molecule has 0 saturated heterocycles. The third-order valence-corrected chi connectivity index (χ3v) is 7.12. The molecule has 9 heteroatoms. The van der Waals surface area contributed by atoms with E-state index >= 15 is 0 Å². The fraction of sp³-hybridized carbons (Fsp3) is 0.440. The van der Waals surface area contributed by atoms with Crippen LogP contribution < -0.4 is 32.8 Å². The van der Waals surface area contributed by atoms with Crippen LogP contribution in [0.3, 0.4) is 0 Å². The molecule has 1 unspecified atom stereocenters. The number of rotatable bonds is 2. The van der Waals surface area contributed by atoms with Gasteiger partial charge in [0.1, 0.15) is 11.6 Å². The van der Waals surface area contributed by atoms with Gasteiger partial charge in [-0.3, -0.25) is 4.68 Å². The number of nitrogens with zero attached hydrogens (tertiary/aromatic N) is 3. The standard InChI is InChI=1S/C25H34N8O/c26-23-11-22(24(27)25(31-23)32-28)21-8-9-29-19-6-4-16(5-7-19)15-34-20-3-1-2-17(10-20)13-33-14-18(21)12-30-33/h1-3,10-12,14,16,19,21,29H,4-9,13,15,27-28H2,(H3,26,31,32). The topological polar surface area (TPSA) is 142 Å². The highest BCUT2D eigenvalue weighted by Gasteiger charge is 2.24. The van der Waals surface area contributed by atoms with Gasteiger partial charge in [-0.25, -0.2) is 10.8 Å². The van der Waals surface area contributed by atoms with Gasteiger partial charge in [0.2, 0.25) is 0 Å². The lowest BCUT2D eigenvalue weighted by atomic mass is 9.86. The Morgan fingerprint density at radius 3 is 2.76 bits per heavy atom. The van der Waals surface area contributed by atoms with E-state index in [1.165, 1.54) is 25.7 Å². The van der Waals surface area contributed by atoms with Crippen LogP contribution in [0.4, 0.5) is 17.3 Å². The third kappa shape index (κ3) is 4.95. The zero-order chi connectivity index (χ0) is 23.5. The van der Waals surface area contributed by atoms with E-state index in [1.807, 2.05) is 23.0 Å². The highest BCUT2D eigenvalue weighted by Crippen LogP contribution is 2.36. The molecule has 1 atom stereocenters. The Bertz CT molecular complexity index is 1120. The van der Waals surface area contributed by atoms with Crippen LogP contribution in [0, 0.1) is 5.92 Å². The minimum Gasteiger partial charge on any atom is -0.493 e. The van der Waals surface area contributed by atoms with Crippen molar-refractivity contribution in [2.75, 3.05) is 30.0 Å². The maximum atomic E-state index is 6.46. The van der Waals surface area contributed by atoms with E-state index in [1.54, 1.807) is 0 Å². The summed E-state index contributed by atoms with van der Waals surface area (Å²) >= 11 is 0. The average Bonchev–Trinajstić information content (AvgIpc) is 3.30. The van der Waals surface area contributed by atoms with Crippen LogP contribution in [0.5, 0.6) is 5.75 Å². The molecule has 1 aliphatic carbocycles. The quantitative estimate of drug-likeness (QED) is 0.289. The second-order valence-electron chi connectivity index (χ2n) is 9.49. The number of nitrogens with two attached hydrogens (primary N) is 3. The number of nitrogens with one attached hydrogen (secondary N) is 2. The normalized spacial score (nSPS) is 23.1. The van der Waals surface area contributed by atoms with Crippen LogP contribution >= 0.6 is 0 Å². The van der Waals surface area contributed by atoms with E-state index in [-0.39, 0.29) is 5.92 Å². The minimum absolute atomic E-state index is 0.0142. The first-order valence-electron chi connectivity index (χ1n) is 12.1. The smallest absolute Gasteiger partial charge is 0.165 e. The predicted molar refractivity (Wildman–Crippen MR) is 134 cm³/mol. The molecule has 34 heavy (non-hydrogen) atoms. The molecule has 0 amide bonds. The number of nitrogen functional groups attached to an aromatic ring is 3. The molecule has 8 N–H and O–H groups in total. The third-order valence-electron chi connectivity index (χ3n) is 7.12. The summed E-state index contributed by atoms with van der Waals surface area (Å²) in [6.45, 7) is 2.32. The van der Waals surface area contributed by atoms with Gasteiger partial charge in [0.25, 0.3) is 0 Å². The van der Waals surface area contributed by atoms with Crippen LogP contribution in [-0.4, -0.2) is 34.0 Å². The first-order valence-corrected chi connectivity index (χ1v) is 12.1. The highest BCUT2D eigenvalue weighted by molar-refractivity contribution is 5.70. The van der Waals surface area contributed by atoms with Gasteiger partial charge in [0, 0.05) is 18.2 Å². The number of hydrazine groups is 1. The lowest BCUT2D eigenvalue weighted by Gasteiger charge is -2.30. The van der Waals surface area contributed by atoms with Crippen molar-refractivity contribution in [3.63, 3.8) is 0 Å². The predicted octanol–water partition coefficient (Wildman–Crippen LogP) is 2.84. The molecule has 6 rings (SSSR count). The van der Waals surface area contributed by atoms with Crippen molar-refractivity contribution in [1.82, 2.24) is 20.1 Å². The molecule has 0 radical (unpaired) electrons. The van der Waals surface area contributed by atoms with Crippen LogP contribution in [0.2, 0.25) is 0 Å². The van der Waals surface area contributed by atoms with E-state index in [9.17, 15) is 0 Å². The summed E-state index contributed by atoms with van der Waals surface area (Å²) in [6.07, 6.45) is 9.59. The SMILES string of the molecule is NNc1nc(N)cc(C2CCNC3CCC(CC3)COc3cccc(c3)Cn3cc2cn3)c1N. The van der Waals surface area contributed by atoms with Gasteiger partial charge in [-0.1, -0.05) is 12.1 Å². The van der Waals surface area contributed by atoms with Crippen LogP contribution in [0.1, 0.15) is 54.7 Å². The highest BCUT2D eigenvalue weighted by atomic mass is 16.5. The van der Waals surface area contributed by atoms with Crippen molar-refractivity contribution in [3.8, 4) is 5.75 Å². The summed E-state index contributed by atoms with van der Waals surface area (Å²) in [5, 5.41) is 8.42. The molecule has 3 aromatic rings. The zero-order valence-corrected chi connectivity index (χ0v) is 19.4. The Labute approximate surface area is 200 Å². The van der Waals surface area contributed by atoms with Gasteiger partial charge in [-0.05, 0) is 79.5 Å². The van der Waals surface area contributed by atoms with Crippen LogP contribution in [-0.2, 0) is 6.54 Å². The molecule has 180 valence electrons. The summed E-state index contributed by atoms with van der Waals surface area (Å²) < 4.78 is 8.12. The van der Waals surface area contributed by atoms with E-state index in [2.05, 4.69) is 45.2 Å². The molecular formula is C25H34N8O. The molecular weight excluding hydrogens is 428 g/mol. The number of hydrogen-bond donors (Lipinski definition) is 5. The number of benzene rings is 1. The van der Waals surface area contributed by atoms with E-state index in [0.29, 0.717) is 35.8 Å². The van der Waals surface area contributed by atoms with Gasteiger partial charge < -0.3 is 26.9 Å². The first-order chi connectivity index (χ1) is 16.6. The molecule has 2 aliphatic heterocycles. The van der Waals surface area contributed by atoms with Crippen LogP contribution in [0.15, 0.2) is 42.7 Å². The van der Waals surface area contributed by atoms with Gasteiger partial charge in [0.15, 0.2) is 5.82 Å². The minimum atomic E-state index is 0.0142. The van der Waals surface area contributed by atoms with Gasteiger partial charge in [-0.15, -0.1) is 0 Å². The molecule has 4 heterocycles. The second kappa shape index (κ2) is 9.90. The molecule has 3 aliphatic rings.